The van der Waals surface area contributed by atoms with Crippen LogP contribution in [0.15, 0.2) is 58.3 Å². The average molecular weight is 358 g/mol. The van der Waals surface area contributed by atoms with Crippen LogP contribution in [0.2, 0.25) is 0 Å². The molecule has 0 unspecified atom stereocenters. The highest BCUT2D eigenvalue weighted by Crippen LogP contribution is 2.36. The van der Waals surface area contributed by atoms with Gasteiger partial charge in [-0.2, -0.15) is 0 Å². The van der Waals surface area contributed by atoms with Crippen LogP contribution in [-0.2, 0) is 4.79 Å². The molecular weight excluding hydrogens is 336 g/mol. The Hall–Kier alpha value is -2.18. The van der Waals surface area contributed by atoms with E-state index in [1.165, 1.54) is 10.6 Å². The van der Waals surface area contributed by atoms with Gasteiger partial charge in [0, 0.05) is 36.0 Å². The maximum atomic E-state index is 10.9. The number of hydrogen-bond donors (Lipinski definition) is 1. The van der Waals surface area contributed by atoms with Gasteiger partial charge in [0.15, 0.2) is 0 Å². The third-order valence-corrected chi connectivity index (χ3v) is 5.30. The minimum absolute atomic E-state index is 0.121. The number of piperazine rings is 1. The molecule has 1 heterocycles. The molecule has 0 aromatic heterocycles. The van der Waals surface area contributed by atoms with Crippen LogP contribution >= 0.6 is 11.8 Å². The molecule has 2 aromatic carbocycles. The molecule has 1 N–H and O–H groups in total. The number of rotatable bonds is 6. The second-order valence-electron chi connectivity index (χ2n) is 5.90. The van der Waals surface area contributed by atoms with Crippen LogP contribution in [0.5, 0.6) is 5.75 Å². The highest BCUT2D eigenvalue weighted by molar-refractivity contribution is 7.99. The Labute approximate surface area is 152 Å². The highest BCUT2D eigenvalue weighted by Gasteiger charge is 2.20. The predicted octanol–water partition coefficient (Wildman–Crippen LogP) is 3.05. The van der Waals surface area contributed by atoms with E-state index in [9.17, 15) is 4.79 Å². The van der Waals surface area contributed by atoms with Crippen molar-refractivity contribution in [3.8, 4) is 5.75 Å². The van der Waals surface area contributed by atoms with Crippen molar-refractivity contribution in [2.45, 2.75) is 9.79 Å². The molecule has 0 amide bonds. The topological polar surface area (TPSA) is 53.0 Å². The third-order valence-electron chi connectivity index (χ3n) is 4.22. The summed E-state index contributed by atoms with van der Waals surface area (Å²) < 4.78 is 5.21. The van der Waals surface area contributed by atoms with E-state index < -0.39 is 5.97 Å². The van der Waals surface area contributed by atoms with Crippen LogP contribution in [0, 0.1) is 0 Å². The maximum Gasteiger partial charge on any atom is 0.317 e. The number of nitrogens with zero attached hydrogens (tertiary/aromatic N) is 2. The molecule has 1 fully saturated rings. The maximum absolute atomic E-state index is 10.9. The fraction of sp³-hybridized carbons (Fsp3) is 0.316. The van der Waals surface area contributed by atoms with Gasteiger partial charge in [-0.15, -0.1) is 0 Å². The quantitative estimate of drug-likeness (QED) is 0.857. The number of anilines is 1. The zero-order valence-corrected chi connectivity index (χ0v) is 15.0. The molecule has 2 aromatic rings. The minimum Gasteiger partial charge on any atom is -0.497 e. The van der Waals surface area contributed by atoms with Crippen molar-refractivity contribution < 1.29 is 14.6 Å². The standard InChI is InChI=1S/C19H22N2O3S/c1-24-15-6-8-16(9-7-15)25-18-5-3-2-4-17(18)21-12-10-20(11-13-21)14-19(22)23/h2-9H,10-14H2,1H3,(H,22,23). The minimum atomic E-state index is -0.760. The van der Waals surface area contributed by atoms with Crippen molar-refractivity contribution in [1.82, 2.24) is 4.90 Å². The Morgan fingerprint density at radius 3 is 2.40 bits per heavy atom. The number of carboxylic acids is 1. The number of aliphatic carboxylic acids is 1. The molecule has 1 aliphatic rings. The smallest absolute Gasteiger partial charge is 0.317 e. The molecule has 25 heavy (non-hydrogen) atoms. The predicted molar refractivity (Wildman–Crippen MR) is 99.8 cm³/mol. The zero-order chi connectivity index (χ0) is 17.6. The van der Waals surface area contributed by atoms with Crippen LogP contribution in [0.4, 0.5) is 5.69 Å². The molecule has 1 saturated heterocycles. The van der Waals surface area contributed by atoms with Crippen molar-refractivity contribution >= 4 is 23.4 Å². The number of para-hydroxylation sites is 1. The van der Waals surface area contributed by atoms with Gasteiger partial charge >= 0.3 is 5.97 Å². The molecule has 0 atom stereocenters. The van der Waals surface area contributed by atoms with Crippen LogP contribution in [0.3, 0.4) is 0 Å². The Bertz CT molecular complexity index is 713. The van der Waals surface area contributed by atoms with Crippen molar-refractivity contribution in [2.75, 3.05) is 44.7 Å². The summed E-state index contributed by atoms with van der Waals surface area (Å²) in [5.74, 6) is 0.0936. The molecule has 6 heteroatoms. The van der Waals surface area contributed by atoms with Crippen LogP contribution in [-0.4, -0.2) is 55.8 Å². The lowest BCUT2D eigenvalue weighted by Gasteiger charge is -2.36. The van der Waals surface area contributed by atoms with E-state index in [-0.39, 0.29) is 6.54 Å². The Balaban J connectivity index is 1.69. The number of carboxylic acid groups (broad SMARTS) is 1. The first kappa shape index (κ1) is 17.6. The van der Waals surface area contributed by atoms with Crippen LogP contribution < -0.4 is 9.64 Å². The average Bonchev–Trinajstić information content (AvgIpc) is 2.63. The molecule has 1 aliphatic heterocycles. The summed E-state index contributed by atoms with van der Waals surface area (Å²) in [6.07, 6.45) is 0. The van der Waals surface area contributed by atoms with Crippen molar-refractivity contribution in [2.24, 2.45) is 0 Å². The Morgan fingerprint density at radius 1 is 1.08 bits per heavy atom. The second kappa shape index (κ2) is 8.27. The van der Waals surface area contributed by atoms with Crippen molar-refractivity contribution in [3.63, 3.8) is 0 Å². The fourth-order valence-electron chi connectivity index (χ4n) is 2.91. The van der Waals surface area contributed by atoms with Gasteiger partial charge in [-0.3, -0.25) is 9.69 Å². The van der Waals surface area contributed by atoms with E-state index >= 15 is 0 Å². The molecular formula is C19H22N2O3S. The fourth-order valence-corrected chi connectivity index (χ4v) is 3.89. The normalized spacial score (nSPS) is 15.2. The van der Waals surface area contributed by atoms with E-state index in [1.54, 1.807) is 18.9 Å². The van der Waals surface area contributed by atoms with E-state index in [2.05, 4.69) is 41.3 Å². The summed E-state index contributed by atoms with van der Waals surface area (Å²) in [6, 6.07) is 16.4. The van der Waals surface area contributed by atoms with Gasteiger partial charge in [-0.25, -0.2) is 0 Å². The first-order chi connectivity index (χ1) is 12.2. The van der Waals surface area contributed by atoms with Gasteiger partial charge in [0.2, 0.25) is 0 Å². The first-order valence-electron chi connectivity index (χ1n) is 8.26. The SMILES string of the molecule is COc1ccc(Sc2ccccc2N2CCN(CC(=O)O)CC2)cc1. The highest BCUT2D eigenvalue weighted by atomic mass is 32.2. The number of carbonyl (C=O) groups is 1. The largest absolute Gasteiger partial charge is 0.497 e. The lowest BCUT2D eigenvalue weighted by Crippen LogP contribution is -2.48. The van der Waals surface area contributed by atoms with Gasteiger partial charge in [-0.05, 0) is 36.4 Å². The van der Waals surface area contributed by atoms with Gasteiger partial charge in [-0.1, -0.05) is 23.9 Å². The van der Waals surface area contributed by atoms with Crippen molar-refractivity contribution in [1.29, 1.82) is 0 Å². The molecule has 5 nitrogen and oxygen atoms in total. The molecule has 0 spiro atoms. The summed E-state index contributed by atoms with van der Waals surface area (Å²) in [5.41, 5.74) is 1.21. The van der Waals surface area contributed by atoms with Gasteiger partial charge in [0.25, 0.3) is 0 Å². The number of ether oxygens (including phenoxy) is 1. The van der Waals surface area contributed by atoms with Gasteiger partial charge < -0.3 is 14.7 Å². The molecule has 0 radical (unpaired) electrons. The molecule has 0 saturated carbocycles. The monoisotopic (exact) mass is 358 g/mol. The Morgan fingerprint density at radius 2 is 1.76 bits per heavy atom. The lowest BCUT2D eigenvalue weighted by atomic mass is 10.2. The van der Waals surface area contributed by atoms with E-state index in [0.29, 0.717) is 0 Å². The second-order valence-corrected chi connectivity index (χ2v) is 7.02. The van der Waals surface area contributed by atoms with Crippen LogP contribution in [0.25, 0.3) is 0 Å². The molecule has 0 bridgehead atoms. The summed E-state index contributed by atoms with van der Waals surface area (Å²) in [7, 11) is 1.67. The van der Waals surface area contributed by atoms with E-state index in [4.69, 9.17) is 9.84 Å². The molecule has 3 rings (SSSR count). The summed E-state index contributed by atoms with van der Waals surface area (Å²) >= 11 is 1.73. The van der Waals surface area contributed by atoms with E-state index in [1.807, 2.05) is 17.0 Å². The summed E-state index contributed by atoms with van der Waals surface area (Å²) in [4.78, 5) is 17.5. The number of methoxy groups -OCH3 is 1. The van der Waals surface area contributed by atoms with Crippen LogP contribution in [0.1, 0.15) is 0 Å². The van der Waals surface area contributed by atoms with Gasteiger partial charge in [0.1, 0.15) is 5.75 Å². The first-order valence-corrected chi connectivity index (χ1v) is 9.07. The summed E-state index contributed by atoms with van der Waals surface area (Å²) in [6.45, 7) is 3.35. The van der Waals surface area contributed by atoms with Crippen molar-refractivity contribution in [3.05, 3.63) is 48.5 Å². The zero-order valence-electron chi connectivity index (χ0n) is 14.2. The molecule has 132 valence electrons. The Kier molecular flexibility index (Phi) is 5.83. The van der Waals surface area contributed by atoms with E-state index in [0.717, 1.165) is 36.8 Å². The van der Waals surface area contributed by atoms with Gasteiger partial charge in [0.05, 0.1) is 19.3 Å². The number of hydrogen-bond acceptors (Lipinski definition) is 5. The lowest BCUT2D eigenvalue weighted by molar-refractivity contribution is -0.138. The number of benzene rings is 2. The molecule has 0 aliphatic carbocycles. The summed E-state index contributed by atoms with van der Waals surface area (Å²) in [5, 5.41) is 8.93. The third kappa shape index (κ3) is 4.67.